The topological polar surface area (TPSA) is 73.9 Å². The van der Waals surface area contributed by atoms with Gasteiger partial charge in [-0.05, 0) is 49.6 Å². The molecule has 1 amide bonds. The Bertz CT molecular complexity index is 521. The lowest BCUT2D eigenvalue weighted by molar-refractivity contribution is -0.151. The molecule has 7 heteroatoms. The van der Waals surface area contributed by atoms with Crippen LogP contribution in [-0.4, -0.2) is 49.8 Å². The first kappa shape index (κ1) is 21.3. The zero-order valence-corrected chi connectivity index (χ0v) is 15.9. The molecule has 0 aliphatic heterocycles. The summed E-state index contributed by atoms with van der Waals surface area (Å²) in [5.41, 5.74) is 0.729. The summed E-state index contributed by atoms with van der Waals surface area (Å²) in [6.07, 6.45) is 2.96. The fourth-order valence-electron chi connectivity index (χ4n) is 2.02. The van der Waals surface area contributed by atoms with Gasteiger partial charge in [0.1, 0.15) is 12.4 Å². The van der Waals surface area contributed by atoms with Crippen molar-refractivity contribution in [3.63, 3.8) is 0 Å². The van der Waals surface area contributed by atoms with Crippen LogP contribution in [0.4, 0.5) is 5.69 Å². The molecule has 1 unspecified atom stereocenters. The van der Waals surface area contributed by atoms with E-state index in [1.54, 1.807) is 36.0 Å². The summed E-state index contributed by atoms with van der Waals surface area (Å²) in [4.78, 5) is 22.9. The highest BCUT2D eigenvalue weighted by molar-refractivity contribution is 7.98. The van der Waals surface area contributed by atoms with Crippen LogP contribution >= 0.6 is 11.8 Å². The highest BCUT2D eigenvalue weighted by atomic mass is 32.2. The monoisotopic (exact) mass is 369 g/mol. The first-order valence-corrected chi connectivity index (χ1v) is 9.71. The largest absolute Gasteiger partial charge is 0.490 e. The first-order chi connectivity index (χ1) is 12.0. The summed E-state index contributed by atoms with van der Waals surface area (Å²) < 4.78 is 16.1. The van der Waals surface area contributed by atoms with Crippen LogP contribution in [0.1, 0.15) is 26.7 Å². The fourth-order valence-corrected chi connectivity index (χ4v) is 2.46. The van der Waals surface area contributed by atoms with E-state index in [9.17, 15) is 9.59 Å². The third-order valence-electron chi connectivity index (χ3n) is 3.17. The van der Waals surface area contributed by atoms with E-state index < -0.39 is 6.10 Å². The Morgan fingerprint density at radius 2 is 1.92 bits per heavy atom. The van der Waals surface area contributed by atoms with Gasteiger partial charge in [0.25, 0.3) is 0 Å². The minimum absolute atomic E-state index is 0.00866. The summed E-state index contributed by atoms with van der Waals surface area (Å²) in [7, 11) is 0. The number of hydrogen-bond donors (Lipinski definition) is 1. The van der Waals surface area contributed by atoms with Crippen molar-refractivity contribution in [3.8, 4) is 5.75 Å². The molecular weight excluding hydrogens is 342 g/mol. The lowest BCUT2D eigenvalue weighted by Gasteiger charge is -2.17. The zero-order valence-electron chi connectivity index (χ0n) is 15.1. The van der Waals surface area contributed by atoms with Crippen molar-refractivity contribution in [2.24, 2.45) is 0 Å². The molecule has 1 rings (SSSR count). The number of anilines is 1. The Balaban J connectivity index is 2.44. The van der Waals surface area contributed by atoms with Gasteiger partial charge in [-0.3, -0.25) is 9.59 Å². The number of ether oxygens (including phenoxy) is 3. The maximum Gasteiger partial charge on any atom is 0.303 e. The lowest BCUT2D eigenvalue weighted by atomic mass is 10.2. The third-order valence-corrected chi connectivity index (χ3v) is 3.86. The Hall–Kier alpha value is -1.73. The van der Waals surface area contributed by atoms with Crippen molar-refractivity contribution >= 4 is 29.3 Å². The highest BCUT2D eigenvalue weighted by Gasteiger charge is 2.13. The van der Waals surface area contributed by atoms with E-state index >= 15 is 0 Å². The molecule has 1 aromatic carbocycles. The Kier molecular flexibility index (Phi) is 10.7. The minimum atomic E-state index is -0.451. The van der Waals surface area contributed by atoms with Crippen molar-refractivity contribution in [1.82, 2.24) is 0 Å². The molecule has 0 saturated heterocycles. The normalized spacial score (nSPS) is 11.6. The van der Waals surface area contributed by atoms with Crippen LogP contribution in [0.25, 0.3) is 0 Å². The van der Waals surface area contributed by atoms with Crippen LogP contribution in [-0.2, 0) is 19.1 Å². The minimum Gasteiger partial charge on any atom is -0.490 e. The van der Waals surface area contributed by atoms with Gasteiger partial charge in [-0.15, -0.1) is 0 Å². The average molecular weight is 369 g/mol. The fraction of sp³-hybridized carbons (Fsp3) is 0.556. The summed E-state index contributed by atoms with van der Waals surface area (Å²) in [6.45, 7) is 4.28. The molecule has 0 saturated carbocycles. The molecule has 1 N–H and O–H groups in total. The maximum absolute atomic E-state index is 11.8. The molecule has 0 heterocycles. The second kappa shape index (κ2) is 12.6. The van der Waals surface area contributed by atoms with Crippen molar-refractivity contribution in [3.05, 3.63) is 24.3 Å². The van der Waals surface area contributed by atoms with Gasteiger partial charge in [0.05, 0.1) is 6.61 Å². The number of rotatable bonds is 12. The van der Waals surface area contributed by atoms with Crippen LogP contribution < -0.4 is 10.1 Å². The number of benzene rings is 1. The van der Waals surface area contributed by atoms with Crippen molar-refractivity contribution < 1.29 is 23.8 Å². The van der Waals surface area contributed by atoms with Crippen LogP contribution in [0.15, 0.2) is 24.3 Å². The van der Waals surface area contributed by atoms with Crippen molar-refractivity contribution in [1.29, 1.82) is 0 Å². The molecule has 0 aliphatic carbocycles. The van der Waals surface area contributed by atoms with Crippen LogP contribution in [0.5, 0.6) is 5.75 Å². The molecule has 25 heavy (non-hydrogen) atoms. The number of esters is 1. The highest BCUT2D eigenvalue weighted by Crippen LogP contribution is 2.16. The molecule has 1 aromatic rings. The van der Waals surface area contributed by atoms with E-state index in [-0.39, 0.29) is 18.5 Å². The SMILES string of the molecule is CCOCC(COc1ccc(NC(=O)CCCSC)cc1)OC(C)=O. The third kappa shape index (κ3) is 9.99. The number of nitrogens with one attached hydrogen (secondary N) is 1. The summed E-state index contributed by atoms with van der Waals surface area (Å²) in [5.74, 6) is 1.25. The predicted molar refractivity (Wildman–Crippen MR) is 100 cm³/mol. The Morgan fingerprint density at radius 3 is 2.52 bits per heavy atom. The molecule has 0 aliphatic rings. The van der Waals surface area contributed by atoms with E-state index in [0.717, 1.165) is 17.9 Å². The average Bonchev–Trinajstić information content (AvgIpc) is 2.58. The van der Waals surface area contributed by atoms with Gasteiger partial charge in [0, 0.05) is 25.6 Å². The van der Waals surface area contributed by atoms with Crippen molar-refractivity contribution in [2.45, 2.75) is 32.8 Å². The summed E-state index contributed by atoms with van der Waals surface area (Å²) >= 11 is 1.73. The van der Waals surface area contributed by atoms with E-state index in [0.29, 0.717) is 25.4 Å². The number of carbonyl (C=O) groups excluding carboxylic acids is 2. The first-order valence-electron chi connectivity index (χ1n) is 8.31. The molecule has 6 nitrogen and oxygen atoms in total. The zero-order chi connectivity index (χ0) is 18.5. The van der Waals surface area contributed by atoms with Gasteiger partial charge >= 0.3 is 5.97 Å². The molecule has 0 spiro atoms. The second-order valence-corrected chi connectivity index (χ2v) is 6.36. The number of amides is 1. The van der Waals surface area contributed by atoms with Crippen LogP contribution in [0, 0.1) is 0 Å². The molecule has 0 bridgehead atoms. The van der Waals surface area contributed by atoms with Gasteiger partial charge in [-0.2, -0.15) is 11.8 Å². The standard InChI is InChI=1S/C18H27NO5S/c1-4-22-12-17(24-14(2)20)13-23-16-9-7-15(8-10-16)19-18(21)6-5-11-25-3/h7-10,17H,4-6,11-13H2,1-3H3,(H,19,21). The van der Waals surface area contributed by atoms with Crippen LogP contribution in [0.3, 0.4) is 0 Å². The summed E-state index contributed by atoms with van der Waals surface area (Å²) in [6, 6.07) is 7.10. The quantitative estimate of drug-likeness (QED) is 0.451. The van der Waals surface area contributed by atoms with Gasteiger partial charge in [-0.1, -0.05) is 0 Å². The number of carbonyl (C=O) groups is 2. The van der Waals surface area contributed by atoms with E-state index in [1.165, 1.54) is 6.92 Å². The maximum atomic E-state index is 11.8. The smallest absolute Gasteiger partial charge is 0.303 e. The number of hydrogen-bond acceptors (Lipinski definition) is 6. The van der Waals surface area contributed by atoms with Crippen LogP contribution in [0.2, 0.25) is 0 Å². The Labute approximate surface area is 153 Å². The summed E-state index contributed by atoms with van der Waals surface area (Å²) in [5, 5.41) is 2.85. The van der Waals surface area contributed by atoms with Gasteiger partial charge in [-0.25, -0.2) is 0 Å². The Morgan fingerprint density at radius 1 is 1.20 bits per heavy atom. The molecule has 140 valence electrons. The number of thioether (sulfide) groups is 1. The van der Waals surface area contributed by atoms with Gasteiger partial charge in [0.2, 0.25) is 5.91 Å². The van der Waals surface area contributed by atoms with E-state index in [4.69, 9.17) is 14.2 Å². The molecule has 1 atom stereocenters. The van der Waals surface area contributed by atoms with E-state index in [2.05, 4.69) is 5.32 Å². The predicted octanol–water partition coefficient (Wildman–Crippen LogP) is 3.12. The van der Waals surface area contributed by atoms with Gasteiger partial charge < -0.3 is 19.5 Å². The molecule has 0 fully saturated rings. The van der Waals surface area contributed by atoms with Crippen molar-refractivity contribution in [2.75, 3.05) is 37.1 Å². The molecular formula is C18H27NO5S. The second-order valence-electron chi connectivity index (χ2n) is 5.37. The van der Waals surface area contributed by atoms with Gasteiger partial charge in [0.15, 0.2) is 6.10 Å². The molecule has 0 aromatic heterocycles. The lowest BCUT2D eigenvalue weighted by Crippen LogP contribution is -2.29. The van der Waals surface area contributed by atoms with E-state index in [1.807, 2.05) is 13.2 Å². The molecule has 0 radical (unpaired) electrons.